The summed E-state index contributed by atoms with van der Waals surface area (Å²) in [4.78, 5) is 14.1. The Hall–Kier alpha value is -1.55. The molecular weight excluding hydrogens is 250 g/mol. The number of carbonyl (C=O) groups excluding carboxylic acids is 1. The van der Waals surface area contributed by atoms with E-state index in [1.54, 1.807) is 0 Å². The molecule has 108 valence electrons. The Labute approximate surface area is 120 Å². The van der Waals surface area contributed by atoms with Crippen molar-refractivity contribution in [1.82, 2.24) is 10.2 Å². The molecule has 4 nitrogen and oxygen atoms in total. The van der Waals surface area contributed by atoms with Crippen molar-refractivity contribution in [2.45, 2.75) is 32.2 Å². The first-order chi connectivity index (χ1) is 9.84. The molecule has 0 spiro atoms. The van der Waals surface area contributed by atoms with E-state index in [4.69, 9.17) is 0 Å². The van der Waals surface area contributed by atoms with E-state index in [0.29, 0.717) is 6.54 Å². The zero-order valence-corrected chi connectivity index (χ0v) is 12.0. The number of nitrogens with one attached hydrogen (secondary N) is 2. The number of anilines is 1. The number of likely N-dealkylation sites (tertiary alicyclic amines) is 1. The van der Waals surface area contributed by atoms with Crippen LogP contribution in [-0.4, -0.2) is 37.0 Å². The first kappa shape index (κ1) is 13.4. The summed E-state index contributed by atoms with van der Waals surface area (Å²) in [5, 5.41) is 6.73. The third kappa shape index (κ3) is 2.96. The third-order valence-corrected chi connectivity index (χ3v) is 4.23. The quantitative estimate of drug-likeness (QED) is 0.878. The van der Waals surface area contributed by atoms with Gasteiger partial charge >= 0.3 is 0 Å². The summed E-state index contributed by atoms with van der Waals surface area (Å²) >= 11 is 0. The van der Waals surface area contributed by atoms with E-state index in [0.717, 1.165) is 45.4 Å². The maximum atomic E-state index is 12.1. The maximum absolute atomic E-state index is 12.1. The Morgan fingerprint density at radius 2 is 2.10 bits per heavy atom. The molecule has 4 heteroatoms. The van der Waals surface area contributed by atoms with Crippen LogP contribution in [-0.2, 0) is 17.8 Å². The molecule has 20 heavy (non-hydrogen) atoms. The average molecular weight is 273 g/mol. The molecular formula is C16H23N3O. The van der Waals surface area contributed by atoms with E-state index in [-0.39, 0.29) is 5.91 Å². The molecule has 0 unspecified atom stereocenters. The predicted octanol–water partition coefficient (Wildman–Crippen LogP) is 1.76. The van der Waals surface area contributed by atoms with Crippen molar-refractivity contribution >= 4 is 11.6 Å². The molecule has 0 aliphatic carbocycles. The number of nitrogens with zero attached hydrogens (tertiary/aromatic N) is 1. The molecule has 0 atom stereocenters. The Morgan fingerprint density at radius 3 is 2.95 bits per heavy atom. The smallest absolute Gasteiger partial charge is 0.236 e. The van der Waals surface area contributed by atoms with Gasteiger partial charge < -0.3 is 15.5 Å². The molecule has 2 heterocycles. The number of hydrogen-bond acceptors (Lipinski definition) is 3. The number of amides is 1. The lowest BCUT2D eigenvalue weighted by Gasteiger charge is -2.26. The summed E-state index contributed by atoms with van der Waals surface area (Å²) in [5.74, 6) is 0.241. The molecule has 0 bridgehead atoms. The van der Waals surface area contributed by atoms with Crippen molar-refractivity contribution in [1.29, 1.82) is 0 Å². The van der Waals surface area contributed by atoms with Crippen LogP contribution in [0.25, 0.3) is 0 Å². The lowest BCUT2D eigenvalue weighted by molar-refractivity contribution is -0.131. The van der Waals surface area contributed by atoms with E-state index in [1.165, 1.54) is 23.2 Å². The minimum absolute atomic E-state index is 0.241. The number of fused-ring (bicyclic) bond motifs is 1. The second-order valence-corrected chi connectivity index (χ2v) is 5.67. The van der Waals surface area contributed by atoms with E-state index in [2.05, 4.69) is 28.8 Å². The molecule has 1 saturated heterocycles. The first-order valence-electron chi connectivity index (χ1n) is 7.68. The van der Waals surface area contributed by atoms with Crippen LogP contribution in [0.1, 0.15) is 30.4 Å². The number of rotatable bonds is 4. The Bertz CT molecular complexity index is 481. The van der Waals surface area contributed by atoms with Gasteiger partial charge in [0.15, 0.2) is 0 Å². The lowest BCUT2D eigenvalue weighted by atomic mass is 10.1. The predicted molar refractivity (Wildman–Crippen MR) is 80.8 cm³/mol. The molecule has 1 aromatic rings. The average Bonchev–Trinajstić information content (AvgIpc) is 2.97. The van der Waals surface area contributed by atoms with Gasteiger partial charge in [0, 0.05) is 31.9 Å². The SMILES string of the molecule is O=C(CNCc1cccc2c1NCC2)N1CCCCC1. The number of carbonyl (C=O) groups is 1. The molecule has 0 radical (unpaired) electrons. The van der Waals surface area contributed by atoms with Gasteiger partial charge in [0.05, 0.1) is 6.54 Å². The topological polar surface area (TPSA) is 44.4 Å². The molecule has 1 amide bonds. The van der Waals surface area contributed by atoms with Crippen molar-refractivity contribution in [3.63, 3.8) is 0 Å². The molecule has 2 N–H and O–H groups in total. The van der Waals surface area contributed by atoms with Gasteiger partial charge in [-0.15, -0.1) is 0 Å². The summed E-state index contributed by atoms with van der Waals surface area (Å²) < 4.78 is 0. The van der Waals surface area contributed by atoms with Crippen LogP contribution in [0.2, 0.25) is 0 Å². The Kier molecular flexibility index (Phi) is 4.21. The third-order valence-electron chi connectivity index (χ3n) is 4.23. The van der Waals surface area contributed by atoms with Gasteiger partial charge in [-0.2, -0.15) is 0 Å². The highest BCUT2D eigenvalue weighted by atomic mass is 16.2. The van der Waals surface area contributed by atoms with Crippen LogP contribution < -0.4 is 10.6 Å². The zero-order chi connectivity index (χ0) is 13.8. The summed E-state index contributed by atoms with van der Waals surface area (Å²) in [5.41, 5.74) is 3.93. The van der Waals surface area contributed by atoms with Gasteiger partial charge in [-0.1, -0.05) is 18.2 Å². The van der Waals surface area contributed by atoms with Crippen molar-refractivity contribution in [2.75, 3.05) is 31.5 Å². The molecule has 2 aliphatic heterocycles. The minimum Gasteiger partial charge on any atom is -0.384 e. The summed E-state index contributed by atoms with van der Waals surface area (Å²) in [6.07, 6.45) is 4.68. The fourth-order valence-corrected chi connectivity index (χ4v) is 3.12. The summed E-state index contributed by atoms with van der Waals surface area (Å²) in [6.45, 7) is 4.10. The highest BCUT2D eigenvalue weighted by Gasteiger charge is 2.17. The van der Waals surface area contributed by atoms with Gasteiger partial charge in [-0.05, 0) is 36.8 Å². The number of piperidine rings is 1. The van der Waals surface area contributed by atoms with E-state index >= 15 is 0 Å². The van der Waals surface area contributed by atoms with Crippen LogP contribution in [0, 0.1) is 0 Å². The zero-order valence-electron chi connectivity index (χ0n) is 12.0. The van der Waals surface area contributed by atoms with Gasteiger partial charge in [0.1, 0.15) is 0 Å². The van der Waals surface area contributed by atoms with Gasteiger partial charge in [-0.3, -0.25) is 4.79 Å². The van der Waals surface area contributed by atoms with Crippen LogP contribution in [0.4, 0.5) is 5.69 Å². The number of benzene rings is 1. The largest absolute Gasteiger partial charge is 0.384 e. The molecule has 2 aliphatic rings. The maximum Gasteiger partial charge on any atom is 0.236 e. The Morgan fingerprint density at radius 1 is 1.25 bits per heavy atom. The van der Waals surface area contributed by atoms with Crippen LogP contribution in [0.15, 0.2) is 18.2 Å². The fraction of sp³-hybridized carbons (Fsp3) is 0.562. The Balaban J connectivity index is 1.50. The second-order valence-electron chi connectivity index (χ2n) is 5.67. The highest BCUT2D eigenvalue weighted by Crippen LogP contribution is 2.26. The van der Waals surface area contributed by atoms with E-state index < -0.39 is 0 Å². The molecule has 3 rings (SSSR count). The van der Waals surface area contributed by atoms with Crippen LogP contribution in [0.5, 0.6) is 0 Å². The normalized spacial score (nSPS) is 17.7. The van der Waals surface area contributed by atoms with E-state index in [1.807, 2.05) is 4.90 Å². The number of para-hydroxylation sites is 1. The number of hydrogen-bond donors (Lipinski definition) is 2. The van der Waals surface area contributed by atoms with Crippen LogP contribution >= 0.6 is 0 Å². The van der Waals surface area contributed by atoms with E-state index in [9.17, 15) is 4.79 Å². The molecule has 0 aromatic heterocycles. The van der Waals surface area contributed by atoms with Gasteiger partial charge in [0.25, 0.3) is 0 Å². The standard InChI is InChI=1S/C16H23N3O/c20-15(19-9-2-1-3-10-19)12-17-11-14-6-4-5-13-7-8-18-16(13)14/h4-6,17-18H,1-3,7-12H2. The highest BCUT2D eigenvalue weighted by molar-refractivity contribution is 5.78. The van der Waals surface area contributed by atoms with Gasteiger partial charge in [-0.25, -0.2) is 0 Å². The fourth-order valence-electron chi connectivity index (χ4n) is 3.12. The molecule has 1 fully saturated rings. The van der Waals surface area contributed by atoms with Crippen molar-refractivity contribution in [3.05, 3.63) is 29.3 Å². The summed E-state index contributed by atoms with van der Waals surface area (Å²) in [6, 6.07) is 6.42. The van der Waals surface area contributed by atoms with Gasteiger partial charge in [0.2, 0.25) is 5.91 Å². The molecule has 1 aromatic carbocycles. The minimum atomic E-state index is 0.241. The second kappa shape index (κ2) is 6.27. The van der Waals surface area contributed by atoms with Crippen molar-refractivity contribution < 1.29 is 4.79 Å². The molecule has 0 saturated carbocycles. The lowest BCUT2D eigenvalue weighted by Crippen LogP contribution is -2.41. The first-order valence-corrected chi connectivity index (χ1v) is 7.68. The monoisotopic (exact) mass is 273 g/mol. The van der Waals surface area contributed by atoms with Crippen molar-refractivity contribution in [3.8, 4) is 0 Å². The summed E-state index contributed by atoms with van der Waals surface area (Å²) in [7, 11) is 0. The van der Waals surface area contributed by atoms with Crippen LogP contribution in [0.3, 0.4) is 0 Å². The van der Waals surface area contributed by atoms with Crippen molar-refractivity contribution in [2.24, 2.45) is 0 Å².